The van der Waals surface area contributed by atoms with Gasteiger partial charge in [-0.2, -0.15) is 0 Å². The lowest BCUT2D eigenvalue weighted by molar-refractivity contribution is -0.113. The van der Waals surface area contributed by atoms with Crippen molar-refractivity contribution >= 4 is 29.2 Å². The first kappa shape index (κ1) is 17.7. The molecule has 1 amide bonds. The molecule has 5 nitrogen and oxygen atoms in total. The largest absolute Gasteiger partial charge is 0.355 e. The zero-order valence-electron chi connectivity index (χ0n) is 14.2. The van der Waals surface area contributed by atoms with Crippen molar-refractivity contribution in [2.45, 2.75) is 31.2 Å². The Kier molecular flexibility index (Phi) is 5.86. The van der Waals surface area contributed by atoms with Crippen LogP contribution in [0.25, 0.3) is 0 Å². The maximum absolute atomic E-state index is 13.3. The SMILES string of the molecule is Cc1ccc(F)cc1NC(=O)CSc1ccc(N2CCCCC2)nn1. The van der Waals surface area contributed by atoms with Crippen molar-refractivity contribution in [1.82, 2.24) is 10.2 Å². The van der Waals surface area contributed by atoms with E-state index in [9.17, 15) is 9.18 Å². The third-order valence-corrected chi connectivity index (χ3v) is 5.05. The molecule has 0 atom stereocenters. The summed E-state index contributed by atoms with van der Waals surface area (Å²) in [6.07, 6.45) is 3.66. The molecule has 1 fully saturated rings. The number of hydrogen-bond acceptors (Lipinski definition) is 5. The summed E-state index contributed by atoms with van der Waals surface area (Å²) < 4.78 is 13.3. The molecule has 1 saturated heterocycles. The standard InChI is InChI=1S/C18H21FN4OS/c1-13-5-6-14(19)11-15(13)20-17(24)12-25-18-8-7-16(21-22-18)23-9-3-2-4-10-23/h5-8,11H,2-4,9-10,12H2,1H3,(H,20,24). The number of halogens is 1. The molecule has 7 heteroatoms. The van der Waals surface area contributed by atoms with Crippen LogP contribution in [0.5, 0.6) is 0 Å². The van der Waals surface area contributed by atoms with E-state index in [1.807, 2.05) is 19.1 Å². The fourth-order valence-electron chi connectivity index (χ4n) is 2.74. The van der Waals surface area contributed by atoms with Gasteiger partial charge in [-0.15, -0.1) is 10.2 Å². The van der Waals surface area contributed by atoms with Crippen molar-refractivity contribution in [3.63, 3.8) is 0 Å². The van der Waals surface area contributed by atoms with E-state index in [0.717, 1.165) is 24.5 Å². The summed E-state index contributed by atoms with van der Waals surface area (Å²) in [5.41, 5.74) is 1.32. The monoisotopic (exact) mass is 360 g/mol. The number of nitrogens with one attached hydrogen (secondary N) is 1. The summed E-state index contributed by atoms with van der Waals surface area (Å²) >= 11 is 1.32. The zero-order valence-corrected chi connectivity index (χ0v) is 15.0. The number of carbonyl (C=O) groups excluding carboxylic acids is 1. The number of thioether (sulfide) groups is 1. The Morgan fingerprint density at radius 2 is 2.00 bits per heavy atom. The molecule has 0 aliphatic carbocycles. The number of aryl methyl sites for hydroxylation is 1. The molecule has 1 aromatic carbocycles. The van der Waals surface area contributed by atoms with E-state index in [1.54, 1.807) is 6.07 Å². The Balaban J connectivity index is 1.52. The van der Waals surface area contributed by atoms with Crippen LogP contribution in [0.4, 0.5) is 15.9 Å². The molecule has 0 saturated carbocycles. The van der Waals surface area contributed by atoms with Gasteiger partial charge < -0.3 is 10.2 Å². The van der Waals surface area contributed by atoms with Gasteiger partial charge in [0.15, 0.2) is 5.82 Å². The van der Waals surface area contributed by atoms with E-state index in [0.29, 0.717) is 10.7 Å². The average molecular weight is 360 g/mol. The first-order chi connectivity index (χ1) is 12.1. The van der Waals surface area contributed by atoms with Crippen molar-refractivity contribution in [2.75, 3.05) is 29.1 Å². The highest BCUT2D eigenvalue weighted by atomic mass is 32.2. The van der Waals surface area contributed by atoms with Crippen molar-refractivity contribution in [3.8, 4) is 0 Å². The van der Waals surface area contributed by atoms with Gasteiger partial charge in [0.2, 0.25) is 5.91 Å². The van der Waals surface area contributed by atoms with Crippen LogP contribution in [0.1, 0.15) is 24.8 Å². The minimum absolute atomic E-state index is 0.194. The first-order valence-electron chi connectivity index (χ1n) is 8.39. The molecule has 25 heavy (non-hydrogen) atoms. The maximum Gasteiger partial charge on any atom is 0.234 e. The predicted molar refractivity (Wildman–Crippen MR) is 98.6 cm³/mol. The topological polar surface area (TPSA) is 58.1 Å². The van der Waals surface area contributed by atoms with Crippen molar-refractivity contribution < 1.29 is 9.18 Å². The van der Waals surface area contributed by atoms with Gasteiger partial charge in [-0.05, 0) is 56.0 Å². The van der Waals surface area contributed by atoms with Crippen LogP contribution in [0.3, 0.4) is 0 Å². The van der Waals surface area contributed by atoms with Gasteiger partial charge in [-0.25, -0.2) is 4.39 Å². The Morgan fingerprint density at radius 1 is 1.20 bits per heavy atom. The van der Waals surface area contributed by atoms with Crippen LogP contribution in [-0.2, 0) is 4.79 Å². The number of benzene rings is 1. The Bertz CT molecular complexity index is 732. The molecule has 1 aliphatic heterocycles. The summed E-state index contributed by atoms with van der Waals surface area (Å²) in [5, 5.41) is 11.9. The fourth-order valence-corrected chi connectivity index (χ4v) is 3.35. The van der Waals surface area contributed by atoms with Gasteiger partial charge in [0.25, 0.3) is 0 Å². The van der Waals surface area contributed by atoms with Gasteiger partial charge in [0.05, 0.1) is 5.75 Å². The second-order valence-electron chi connectivity index (χ2n) is 6.07. The summed E-state index contributed by atoms with van der Waals surface area (Å²) in [7, 11) is 0. The third-order valence-electron chi connectivity index (χ3n) is 4.13. The number of aromatic nitrogens is 2. The van der Waals surface area contributed by atoms with E-state index in [1.165, 1.54) is 43.2 Å². The molecule has 0 unspecified atom stereocenters. The first-order valence-corrected chi connectivity index (χ1v) is 9.38. The minimum Gasteiger partial charge on any atom is -0.355 e. The Hall–Kier alpha value is -2.15. The molecule has 0 radical (unpaired) electrons. The van der Waals surface area contributed by atoms with Gasteiger partial charge in [-0.3, -0.25) is 4.79 Å². The summed E-state index contributed by atoms with van der Waals surface area (Å²) in [5.74, 6) is 0.533. The van der Waals surface area contributed by atoms with Crippen LogP contribution in [0.15, 0.2) is 35.4 Å². The van der Waals surface area contributed by atoms with Crippen LogP contribution in [0, 0.1) is 12.7 Å². The van der Waals surface area contributed by atoms with E-state index >= 15 is 0 Å². The van der Waals surface area contributed by atoms with Crippen LogP contribution < -0.4 is 10.2 Å². The minimum atomic E-state index is -0.368. The van der Waals surface area contributed by atoms with E-state index < -0.39 is 0 Å². The molecule has 3 rings (SSSR count). The van der Waals surface area contributed by atoms with Gasteiger partial charge in [0, 0.05) is 18.8 Å². The number of hydrogen-bond donors (Lipinski definition) is 1. The second kappa shape index (κ2) is 8.29. The summed E-state index contributed by atoms with van der Waals surface area (Å²) in [6.45, 7) is 3.88. The third kappa shape index (κ3) is 4.92. The van der Waals surface area contributed by atoms with Crippen molar-refractivity contribution in [2.24, 2.45) is 0 Å². The Labute approximate surface area is 151 Å². The molecular formula is C18H21FN4OS. The van der Waals surface area contributed by atoms with Crippen molar-refractivity contribution in [1.29, 1.82) is 0 Å². The summed E-state index contributed by atoms with van der Waals surface area (Å²) in [4.78, 5) is 14.3. The number of nitrogens with zero attached hydrogens (tertiary/aromatic N) is 3. The lowest BCUT2D eigenvalue weighted by Crippen LogP contribution is -2.30. The molecule has 1 aliphatic rings. The lowest BCUT2D eigenvalue weighted by Gasteiger charge is -2.27. The van der Waals surface area contributed by atoms with E-state index in [-0.39, 0.29) is 17.5 Å². The highest BCUT2D eigenvalue weighted by molar-refractivity contribution is 7.99. The predicted octanol–water partition coefficient (Wildman–Crippen LogP) is 3.65. The quantitative estimate of drug-likeness (QED) is 0.825. The fraction of sp³-hybridized carbons (Fsp3) is 0.389. The second-order valence-corrected chi connectivity index (χ2v) is 7.07. The number of amides is 1. The molecular weight excluding hydrogens is 339 g/mol. The van der Waals surface area contributed by atoms with Gasteiger partial charge >= 0.3 is 0 Å². The zero-order chi connectivity index (χ0) is 17.6. The molecule has 1 N–H and O–H groups in total. The molecule has 0 bridgehead atoms. The normalized spacial score (nSPS) is 14.4. The molecule has 132 valence electrons. The number of piperidine rings is 1. The number of rotatable bonds is 5. The number of carbonyl (C=O) groups is 1. The molecule has 0 spiro atoms. The maximum atomic E-state index is 13.3. The molecule has 1 aromatic heterocycles. The summed E-state index contributed by atoms with van der Waals surface area (Å²) in [6, 6.07) is 8.19. The Morgan fingerprint density at radius 3 is 2.72 bits per heavy atom. The van der Waals surface area contributed by atoms with Crippen LogP contribution in [-0.4, -0.2) is 34.9 Å². The lowest BCUT2D eigenvalue weighted by atomic mass is 10.1. The van der Waals surface area contributed by atoms with Gasteiger partial charge in [0.1, 0.15) is 10.8 Å². The van der Waals surface area contributed by atoms with E-state index in [4.69, 9.17) is 0 Å². The van der Waals surface area contributed by atoms with Crippen LogP contribution >= 0.6 is 11.8 Å². The highest BCUT2D eigenvalue weighted by Gasteiger charge is 2.13. The average Bonchev–Trinajstić information content (AvgIpc) is 2.64. The smallest absolute Gasteiger partial charge is 0.234 e. The molecule has 2 heterocycles. The van der Waals surface area contributed by atoms with Crippen LogP contribution in [0.2, 0.25) is 0 Å². The molecule has 2 aromatic rings. The van der Waals surface area contributed by atoms with Crippen molar-refractivity contribution in [3.05, 3.63) is 41.7 Å². The van der Waals surface area contributed by atoms with E-state index in [2.05, 4.69) is 20.4 Å². The van der Waals surface area contributed by atoms with Gasteiger partial charge in [-0.1, -0.05) is 17.8 Å². The number of anilines is 2. The highest BCUT2D eigenvalue weighted by Crippen LogP contribution is 2.21.